The van der Waals surface area contributed by atoms with E-state index in [2.05, 4.69) is 141 Å². The number of unbranched alkanes of at least 4 members (excludes halogenated alkanes) is 4. The molecule has 0 aromatic carbocycles. The van der Waals surface area contributed by atoms with Crippen LogP contribution >= 0.6 is 0 Å². The van der Waals surface area contributed by atoms with E-state index in [0.717, 1.165) is 103 Å². The van der Waals surface area contributed by atoms with Crippen LogP contribution in [0.1, 0.15) is 123 Å². The summed E-state index contributed by atoms with van der Waals surface area (Å²) < 4.78 is 0. The summed E-state index contributed by atoms with van der Waals surface area (Å²) in [6, 6.07) is -0.677. The van der Waals surface area contributed by atoms with Gasteiger partial charge in [0.2, 0.25) is 5.91 Å². The van der Waals surface area contributed by atoms with E-state index in [1.54, 1.807) is 6.08 Å². The summed E-state index contributed by atoms with van der Waals surface area (Å²) in [6.45, 7) is 4.00. The minimum absolute atomic E-state index is 0.132. The molecule has 0 spiro atoms. The number of hydrogen-bond donors (Lipinski definition) is 3. The molecule has 2 unspecified atom stereocenters. The minimum Gasteiger partial charge on any atom is -0.394 e. The third-order valence-corrected chi connectivity index (χ3v) is 7.36. The molecule has 0 aromatic heterocycles. The second-order valence-electron chi connectivity index (χ2n) is 11.9. The summed E-state index contributed by atoms with van der Waals surface area (Å²) in [4.78, 5) is 12.3. The molecule has 0 heterocycles. The Morgan fingerprint density at radius 3 is 1.27 bits per heavy atom. The van der Waals surface area contributed by atoms with Crippen LogP contribution in [0.3, 0.4) is 0 Å². The fourth-order valence-corrected chi connectivity index (χ4v) is 4.52. The van der Waals surface area contributed by atoms with Crippen LogP contribution in [0.25, 0.3) is 0 Å². The first-order valence-corrected chi connectivity index (χ1v) is 18.9. The molecule has 0 bridgehead atoms. The molecule has 49 heavy (non-hydrogen) atoms. The summed E-state index contributed by atoms with van der Waals surface area (Å²) in [5.74, 6) is -0.132. The molecule has 0 radical (unpaired) electrons. The zero-order valence-electron chi connectivity index (χ0n) is 30.9. The van der Waals surface area contributed by atoms with Gasteiger partial charge in [0.25, 0.3) is 0 Å². The van der Waals surface area contributed by atoms with E-state index >= 15 is 0 Å². The molecule has 0 aliphatic rings. The maximum Gasteiger partial charge on any atom is 0.220 e. The van der Waals surface area contributed by atoms with Gasteiger partial charge in [0.15, 0.2) is 0 Å². The number of amides is 1. The van der Waals surface area contributed by atoms with Crippen LogP contribution in [0.15, 0.2) is 134 Å². The summed E-state index contributed by atoms with van der Waals surface area (Å²) in [5.41, 5.74) is 0. The highest BCUT2D eigenvalue weighted by atomic mass is 16.3. The molecule has 0 aromatic rings. The monoisotopic (exact) mass is 672 g/mol. The van der Waals surface area contributed by atoms with Gasteiger partial charge in [0, 0.05) is 6.42 Å². The molecule has 0 aliphatic heterocycles. The average Bonchev–Trinajstić information content (AvgIpc) is 3.10. The van der Waals surface area contributed by atoms with E-state index in [1.807, 2.05) is 6.08 Å². The highest BCUT2D eigenvalue weighted by Gasteiger charge is 2.17. The van der Waals surface area contributed by atoms with Crippen molar-refractivity contribution in [3.8, 4) is 0 Å². The van der Waals surface area contributed by atoms with Gasteiger partial charge in [-0.2, -0.15) is 0 Å². The molecule has 3 N–H and O–H groups in total. The molecular formula is C45H69NO3. The SMILES string of the molecule is CC/C=C\C/C=C\C/C=C\C/C=C\C/C=C\C/C=C\C/C=C\C/C=C\CCCCC(=O)NC(CO)C(O)/C=C/CC/C=C/CC/C=C/CC. The molecule has 0 saturated heterocycles. The summed E-state index contributed by atoms with van der Waals surface area (Å²) in [7, 11) is 0. The Labute approximate surface area is 301 Å². The highest BCUT2D eigenvalue weighted by Crippen LogP contribution is 2.05. The Morgan fingerprint density at radius 2 is 0.837 bits per heavy atom. The number of allylic oxidation sites excluding steroid dienone is 21. The normalized spacial score (nSPS) is 14.6. The van der Waals surface area contributed by atoms with Gasteiger partial charge in [0.1, 0.15) is 0 Å². The lowest BCUT2D eigenvalue weighted by Gasteiger charge is -2.19. The molecule has 0 aliphatic carbocycles. The Kier molecular flexibility index (Phi) is 36.2. The molecule has 1 amide bonds. The lowest BCUT2D eigenvalue weighted by molar-refractivity contribution is -0.123. The number of hydrogen-bond acceptors (Lipinski definition) is 3. The van der Waals surface area contributed by atoms with Crippen molar-refractivity contribution < 1.29 is 15.0 Å². The third-order valence-electron chi connectivity index (χ3n) is 7.36. The second-order valence-corrected chi connectivity index (χ2v) is 11.9. The largest absolute Gasteiger partial charge is 0.394 e. The van der Waals surface area contributed by atoms with Crippen molar-refractivity contribution in [2.75, 3.05) is 6.61 Å². The number of carbonyl (C=O) groups is 1. The van der Waals surface area contributed by atoms with Gasteiger partial charge >= 0.3 is 0 Å². The van der Waals surface area contributed by atoms with Gasteiger partial charge in [-0.1, -0.05) is 148 Å². The Hall–Kier alpha value is -3.47. The van der Waals surface area contributed by atoms with Gasteiger partial charge in [-0.05, 0) is 103 Å². The van der Waals surface area contributed by atoms with Crippen molar-refractivity contribution in [3.63, 3.8) is 0 Å². The topological polar surface area (TPSA) is 69.6 Å². The van der Waals surface area contributed by atoms with Gasteiger partial charge in [-0.25, -0.2) is 0 Å². The van der Waals surface area contributed by atoms with Crippen LogP contribution in [0, 0.1) is 0 Å². The van der Waals surface area contributed by atoms with Crippen molar-refractivity contribution in [3.05, 3.63) is 134 Å². The van der Waals surface area contributed by atoms with Crippen LogP contribution in [-0.4, -0.2) is 34.9 Å². The van der Waals surface area contributed by atoms with Crippen molar-refractivity contribution in [1.82, 2.24) is 5.32 Å². The first kappa shape index (κ1) is 45.5. The van der Waals surface area contributed by atoms with Gasteiger partial charge in [0.05, 0.1) is 18.8 Å². The Balaban J connectivity index is 3.83. The van der Waals surface area contributed by atoms with E-state index in [0.29, 0.717) is 6.42 Å². The van der Waals surface area contributed by atoms with Crippen molar-refractivity contribution >= 4 is 5.91 Å². The average molecular weight is 672 g/mol. The standard InChI is InChI=1S/C45H69NO3/c1-3-5-7-9-11-13-15-16-17-18-19-20-21-22-23-24-25-26-27-28-29-30-31-33-35-37-39-41-45(49)46-43(42-47)44(48)40-38-36-34-32-14-12-10-8-6-4-2/h5-8,11,13-14,16-17,19-20,22-23,25-26,28-29,31-33,38,40,43-44,47-48H,3-4,9-10,12,15,18,21,24,27,30,34-37,39,41-42H2,1-2H3,(H,46,49)/b7-5-,8-6+,13-11-,17-16-,20-19-,23-22-,26-25-,29-28-,32-14+,33-31-,40-38+. The van der Waals surface area contributed by atoms with E-state index in [9.17, 15) is 15.0 Å². The summed E-state index contributed by atoms with van der Waals surface area (Å²) in [6.07, 6.45) is 62.6. The molecule has 0 fully saturated rings. The van der Waals surface area contributed by atoms with E-state index in [4.69, 9.17) is 0 Å². The molecule has 0 saturated carbocycles. The van der Waals surface area contributed by atoms with Crippen LogP contribution in [0.4, 0.5) is 0 Å². The van der Waals surface area contributed by atoms with Crippen LogP contribution < -0.4 is 5.32 Å². The van der Waals surface area contributed by atoms with Crippen LogP contribution in [0.5, 0.6) is 0 Å². The van der Waals surface area contributed by atoms with Gasteiger partial charge < -0.3 is 15.5 Å². The third kappa shape index (κ3) is 35.7. The smallest absolute Gasteiger partial charge is 0.220 e. The van der Waals surface area contributed by atoms with Crippen molar-refractivity contribution in [2.24, 2.45) is 0 Å². The first-order valence-electron chi connectivity index (χ1n) is 18.9. The second kappa shape index (κ2) is 39.0. The highest BCUT2D eigenvalue weighted by molar-refractivity contribution is 5.76. The van der Waals surface area contributed by atoms with E-state index in [1.165, 1.54) is 0 Å². The molecule has 4 heteroatoms. The van der Waals surface area contributed by atoms with Crippen molar-refractivity contribution in [2.45, 2.75) is 135 Å². The quantitative estimate of drug-likeness (QED) is 0.0507. The maximum absolute atomic E-state index is 12.3. The van der Waals surface area contributed by atoms with E-state index < -0.39 is 12.1 Å². The minimum atomic E-state index is -0.896. The zero-order valence-corrected chi connectivity index (χ0v) is 30.9. The lowest BCUT2D eigenvalue weighted by Crippen LogP contribution is -2.45. The molecular weight excluding hydrogens is 602 g/mol. The maximum atomic E-state index is 12.3. The van der Waals surface area contributed by atoms with Crippen LogP contribution in [-0.2, 0) is 4.79 Å². The molecule has 4 nitrogen and oxygen atoms in total. The van der Waals surface area contributed by atoms with Crippen LogP contribution in [0.2, 0.25) is 0 Å². The van der Waals surface area contributed by atoms with Gasteiger partial charge in [-0.15, -0.1) is 0 Å². The summed E-state index contributed by atoms with van der Waals surface area (Å²) >= 11 is 0. The molecule has 272 valence electrons. The molecule has 0 rings (SSSR count). The predicted molar refractivity (Wildman–Crippen MR) is 215 cm³/mol. The lowest BCUT2D eigenvalue weighted by atomic mass is 10.1. The fraction of sp³-hybridized carbons (Fsp3) is 0.489. The Morgan fingerprint density at radius 1 is 0.490 bits per heavy atom. The summed E-state index contributed by atoms with van der Waals surface area (Å²) in [5, 5.41) is 22.7. The number of rotatable bonds is 31. The number of carbonyl (C=O) groups excluding carboxylic acids is 1. The number of nitrogens with one attached hydrogen (secondary N) is 1. The van der Waals surface area contributed by atoms with Crippen molar-refractivity contribution in [1.29, 1.82) is 0 Å². The fourth-order valence-electron chi connectivity index (χ4n) is 4.52. The van der Waals surface area contributed by atoms with Gasteiger partial charge in [-0.3, -0.25) is 4.79 Å². The first-order chi connectivity index (χ1) is 24.2. The zero-order chi connectivity index (χ0) is 35.7. The predicted octanol–water partition coefficient (Wildman–Crippen LogP) is 11.6. The number of aliphatic hydroxyl groups excluding tert-OH is 2. The number of aliphatic hydroxyl groups is 2. The van der Waals surface area contributed by atoms with E-state index in [-0.39, 0.29) is 12.5 Å². The molecule has 2 atom stereocenters. The Bertz CT molecular complexity index is 1080.